The Labute approximate surface area is 155 Å². The number of amides is 1. The zero-order valence-electron chi connectivity index (χ0n) is 15.3. The monoisotopic (exact) mass is 356 g/mol. The van der Waals surface area contributed by atoms with Crippen LogP contribution in [0.15, 0.2) is 30.3 Å². The second-order valence-corrected chi connectivity index (χ2v) is 8.35. The number of carboxylic acids is 1. The van der Waals surface area contributed by atoms with Gasteiger partial charge in [0.15, 0.2) is 0 Å². The first-order valence-electron chi connectivity index (χ1n) is 9.86. The van der Waals surface area contributed by atoms with Gasteiger partial charge in [0.1, 0.15) is 0 Å². The second kappa shape index (κ2) is 7.03. The van der Waals surface area contributed by atoms with Gasteiger partial charge < -0.3 is 14.9 Å². The lowest BCUT2D eigenvalue weighted by Gasteiger charge is -2.50. The molecule has 4 rings (SSSR count). The van der Waals surface area contributed by atoms with Gasteiger partial charge in [0.2, 0.25) is 5.91 Å². The molecule has 1 aromatic carbocycles. The molecule has 140 valence electrons. The van der Waals surface area contributed by atoms with E-state index in [1.54, 1.807) is 0 Å². The molecule has 5 nitrogen and oxygen atoms in total. The van der Waals surface area contributed by atoms with E-state index in [1.165, 1.54) is 0 Å². The van der Waals surface area contributed by atoms with Crippen molar-refractivity contribution in [3.05, 3.63) is 35.9 Å². The number of piperidine rings is 2. The minimum absolute atomic E-state index is 0.0175. The molecular weight excluding hydrogens is 328 g/mol. The van der Waals surface area contributed by atoms with Crippen LogP contribution in [0.1, 0.15) is 50.0 Å². The third kappa shape index (κ3) is 3.63. The van der Waals surface area contributed by atoms with Gasteiger partial charge in [-0.3, -0.25) is 9.59 Å². The van der Waals surface area contributed by atoms with E-state index >= 15 is 0 Å². The van der Waals surface area contributed by atoms with Crippen LogP contribution in [0, 0.1) is 5.41 Å². The number of rotatable bonds is 5. The Kier molecular flexibility index (Phi) is 4.74. The van der Waals surface area contributed by atoms with Gasteiger partial charge >= 0.3 is 5.97 Å². The Morgan fingerprint density at radius 1 is 1.15 bits per heavy atom. The van der Waals surface area contributed by atoms with Crippen molar-refractivity contribution in [2.45, 2.75) is 50.5 Å². The number of carbonyl (C=O) groups excluding carboxylic acids is 1. The molecule has 2 saturated heterocycles. The van der Waals surface area contributed by atoms with Crippen LogP contribution >= 0.6 is 0 Å². The summed E-state index contributed by atoms with van der Waals surface area (Å²) in [5.41, 5.74) is 1.34. The number of likely N-dealkylation sites (tertiary alicyclic amines) is 2. The maximum Gasteiger partial charge on any atom is 0.304 e. The van der Waals surface area contributed by atoms with Crippen LogP contribution in [0.2, 0.25) is 0 Å². The van der Waals surface area contributed by atoms with E-state index in [0.29, 0.717) is 18.5 Å². The molecule has 0 unspecified atom stereocenters. The fourth-order valence-electron chi connectivity index (χ4n) is 4.73. The highest BCUT2D eigenvalue weighted by atomic mass is 16.4. The molecule has 1 spiro atoms. The molecule has 1 amide bonds. The highest BCUT2D eigenvalue weighted by molar-refractivity contribution is 5.85. The van der Waals surface area contributed by atoms with Crippen LogP contribution in [0.4, 0.5) is 0 Å². The number of carboxylic acid groups (broad SMARTS) is 1. The normalized spacial score (nSPS) is 26.2. The van der Waals surface area contributed by atoms with Crippen molar-refractivity contribution in [3.8, 4) is 0 Å². The van der Waals surface area contributed by atoms with Crippen LogP contribution < -0.4 is 0 Å². The maximum absolute atomic E-state index is 13.1. The molecule has 1 aliphatic carbocycles. The molecule has 2 aliphatic heterocycles. The number of nitrogens with zero attached hydrogens (tertiary/aromatic N) is 2. The van der Waals surface area contributed by atoms with E-state index in [9.17, 15) is 9.59 Å². The van der Waals surface area contributed by atoms with Gasteiger partial charge in [0.25, 0.3) is 0 Å². The topological polar surface area (TPSA) is 60.9 Å². The molecular formula is C21H28N2O3. The zero-order valence-corrected chi connectivity index (χ0v) is 15.3. The highest BCUT2D eigenvalue weighted by Crippen LogP contribution is 2.48. The van der Waals surface area contributed by atoms with Gasteiger partial charge in [-0.25, -0.2) is 0 Å². The fourth-order valence-corrected chi connectivity index (χ4v) is 4.73. The van der Waals surface area contributed by atoms with Crippen molar-refractivity contribution < 1.29 is 14.7 Å². The minimum Gasteiger partial charge on any atom is -0.481 e. The summed E-state index contributed by atoms with van der Waals surface area (Å²) in [4.78, 5) is 28.4. The predicted octanol–water partition coefficient (Wildman–Crippen LogP) is 2.72. The van der Waals surface area contributed by atoms with E-state index in [4.69, 9.17) is 5.11 Å². The zero-order chi connectivity index (χ0) is 18.1. The molecule has 1 aromatic rings. The van der Waals surface area contributed by atoms with E-state index in [2.05, 4.69) is 21.9 Å². The number of aliphatic carboxylic acids is 1. The summed E-state index contributed by atoms with van der Waals surface area (Å²) < 4.78 is 0. The summed E-state index contributed by atoms with van der Waals surface area (Å²) in [6.45, 7) is 3.42. The Balaban J connectivity index is 1.49. The molecule has 0 radical (unpaired) electrons. The Morgan fingerprint density at radius 3 is 2.46 bits per heavy atom. The number of hydrogen-bond acceptors (Lipinski definition) is 3. The van der Waals surface area contributed by atoms with Crippen molar-refractivity contribution in [3.63, 3.8) is 0 Å². The van der Waals surface area contributed by atoms with Crippen LogP contribution in [-0.4, -0.2) is 59.0 Å². The predicted molar refractivity (Wildman–Crippen MR) is 98.9 cm³/mol. The molecule has 1 atom stereocenters. The average molecular weight is 356 g/mol. The van der Waals surface area contributed by atoms with Gasteiger partial charge in [-0.05, 0) is 56.2 Å². The SMILES string of the molecule is O=C(O)CCN1CCC2(CC1)C[C@@H](c1ccccc1)C(=O)N(C1CC1)C2. The molecule has 3 fully saturated rings. The summed E-state index contributed by atoms with van der Waals surface area (Å²) in [7, 11) is 0. The largest absolute Gasteiger partial charge is 0.481 e. The lowest BCUT2D eigenvalue weighted by atomic mass is 9.67. The molecule has 5 heteroatoms. The first-order valence-corrected chi connectivity index (χ1v) is 9.86. The summed E-state index contributed by atoms with van der Waals surface area (Å²) >= 11 is 0. The van der Waals surface area contributed by atoms with Crippen molar-refractivity contribution in [1.82, 2.24) is 9.80 Å². The molecule has 1 saturated carbocycles. The standard InChI is InChI=1S/C21H28N2O3/c24-19(25)8-11-22-12-9-21(10-13-22)14-18(16-4-2-1-3-5-16)20(26)23(15-21)17-6-7-17/h1-5,17-18H,6-15H2,(H,24,25)/t18-/m0/s1. The molecule has 0 bridgehead atoms. The highest BCUT2D eigenvalue weighted by Gasteiger charge is 2.49. The molecule has 2 heterocycles. The van der Waals surface area contributed by atoms with Gasteiger partial charge in [-0.2, -0.15) is 0 Å². The third-order valence-corrected chi connectivity index (χ3v) is 6.47. The van der Waals surface area contributed by atoms with Gasteiger partial charge in [-0.15, -0.1) is 0 Å². The quantitative estimate of drug-likeness (QED) is 0.881. The van der Waals surface area contributed by atoms with E-state index < -0.39 is 5.97 Å². The van der Waals surface area contributed by atoms with Crippen LogP contribution in [-0.2, 0) is 9.59 Å². The van der Waals surface area contributed by atoms with Crippen molar-refractivity contribution in [2.24, 2.45) is 5.41 Å². The Morgan fingerprint density at radius 2 is 1.85 bits per heavy atom. The first kappa shape index (κ1) is 17.5. The lowest BCUT2D eigenvalue weighted by Crippen LogP contribution is -2.54. The second-order valence-electron chi connectivity index (χ2n) is 8.35. The lowest BCUT2D eigenvalue weighted by molar-refractivity contribution is -0.143. The number of carbonyl (C=O) groups is 2. The van der Waals surface area contributed by atoms with Gasteiger partial charge in [0.05, 0.1) is 12.3 Å². The van der Waals surface area contributed by atoms with Gasteiger partial charge in [0, 0.05) is 19.1 Å². The summed E-state index contributed by atoms with van der Waals surface area (Å²) in [6, 6.07) is 10.7. The van der Waals surface area contributed by atoms with Crippen molar-refractivity contribution >= 4 is 11.9 Å². The Hall–Kier alpha value is -1.88. The number of benzene rings is 1. The fraction of sp³-hybridized carbons (Fsp3) is 0.619. The van der Waals surface area contributed by atoms with Gasteiger partial charge in [-0.1, -0.05) is 30.3 Å². The molecule has 3 aliphatic rings. The Bertz CT molecular complexity index is 663. The molecule has 26 heavy (non-hydrogen) atoms. The molecule has 1 N–H and O–H groups in total. The average Bonchev–Trinajstić information content (AvgIpc) is 3.49. The minimum atomic E-state index is -0.724. The number of hydrogen-bond donors (Lipinski definition) is 1. The van der Waals surface area contributed by atoms with Crippen molar-refractivity contribution in [1.29, 1.82) is 0 Å². The summed E-state index contributed by atoms with van der Waals surface area (Å²) in [5, 5.41) is 8.91. The van der Waals surface area contributed by atoms with Crippen molar-refractivity contribution in [2.75, 3.05) is 26.2 Å². The summed E-state index contributed by atoms with van der Waals surface area (Å²) in [6.07, 6.45) is 5.57. The van der Waals surface area contributed by atoms with E-state index in [1.807, 2.05) is 18.2 Å². The smallest absolute Gasteiger partial charge is 0.304 e. The van der Waals surface area contributed by atoms with Crippen LogP contribution in [0.5, 0.6) is 0 Å². The van der Waals surface area contributed by atoms with E-state index in [0.717, 1.165) is 57.3 Å². The maximum atomic E-state index is 13.1. The van der Waals surface area contributed by atoms with Crippen LogP contribution in [0.3, 0.4) is 0 Å². The third-order valence-electron chi connectivity index (χ3n) is 6.47. The molecule has 0 aromatic heterocycles. The first-order chi connectivity index (χ1) is 12.6. The van der Waals surface area contributed by atoms with Crippen LogP contribution in [0.25, 0.3) is 0 Å². The summed E-state index contributed by atoms with van der Waals surface area (Å²) in [5.74, 6) is -0.425. The van der Waals surface area contributed by atoms with E-state index in [-0.39, 0.29) is 17.8 Å².